The zero-order valence-electron chi connectivity index (χ0n) is 12.9. The topological polar surface area (TPSA) is 38.3 Å². The second-order valence-corrected chi connectivity index (χ2v) is 5.61. The van der Waals surface area contributed by atoms with E-state index in [0.717, 1.165) is 22.7 Å². The maximum atomic E-state index is 11.6. The number of nitrogens with one attached hydrogen (secondary N) is 1. The van der Waals surface area contributed by atoms with Crippen LogP contribution in [0.5, 0.6) is 11.5 Å². The van der Waals surface area contributed by atoms with Crippen LogP contribution in [0.4, 0.5) is 5.69 Å². The molecule has 4 heteroatoms. The van der Waals surface area contributed by atoms with Crippen molar-refractivity contribution in [1.82, 2.24) is 0 Å². The molecule has 116 valence electrons. The number of carbonyl (C=O) groups is 1. The van der Waals surface area contributed by atoms with E-state index >= 15 is 0 Å². The van der Waals surface area contributed by atoms with E-state index in [9.17, 15) is 4.79 Å². The van der Waals surface area contributed by atoms with Crippen molar-refractivity contribution in [3.05, 3.63) is 53.6 Å². The summed E-state index contributed by atoms with van der Waals surface area (Å²) in [7, 11) is 0. The first-order chi connectivity index (χ1) is 10.6. The van der Waals surface area contributed by atoms with Gasteiger partial charge in [0.25, 0.3) is 0 Å². The molecule has 0 bridgehead atoms. The van der Waals surface area contributed by atoms with Gasteiger partial charge in [-0.1, -0.05) is 17.7 Å². The minimum Gasteiger partial charge on any atom is -0.457 e. The van der Waals surface area contributed by atoms with E-state index in [1.807, 2.05) is 43.3 Å². The van der Waals surface area contributed by atoms with Crippen molar-refractivity contribution in [3.8, 4) is 11.5 Å². The summed E-state index contributed by atoms with van der Waals surface area (Å²) in [5.74, 6) is 2.05. The molecule has 1 N–H and O–H groups in total. The number of amides is 1. The molecule has 0 aliphatic rings. The Balaban J connectivity index is 1.98. The number of halogens is 1. The summed E-state index contributed by atoms with van der Waals surface area (Å²) in [6.45, 7) is 4.08. The summed E-state index contributed by atoms with van der Waals surface area (Å²) in [5, 5.41) is 2.83. The molecule has 1 amide bonds. The van der Waals surface area contributed by atoms with Crippen LogP contribution in [-0.4, -0.2) is 11.8 Å². The third-order valence-electron chi connectivity index (χ3n) is 3.23. The van der Waals surface area contributed by atoms with Crippen LogP contribution in [0.2, 0.25) is 0 Å². The molecule has 2 aromatic rings. The Morgan fingerprint density at radius 1 is 1.14 bits per heavy atom. The van der Waals surface area contributed by atoms with Gasteiger partial charge in [-0.25, -0.2) is 0 Å². The Kier molecular flexibility index (Phi) is 5.84. The number of anilines is 1. The van der Waals surface area contributed by atoms with Crippen LogP contribution >= 0.6 is 11.6 Å². The fourth-order valence-corrected chi connectivity index (χ4v) is 2.23. The van der Waals surface area contributed by atoms with Crippen molar-refractivity contribution < 1.29 is 9.53 Å². The van der Waals surface area contributed by atoms with Gasteiger partial charge in [-0.15, -0.1) is 11.6 Å². The number of benzene rings is 2. The third-order valence-corrected chi connectivity index (χ3v) is 3.50. The molecule has 0 aliphatic carbocycles. The Morgan fingerprint density at radius 3 is 2.50 bits per heavy atom. The van der Waals surface area contributed by atoms with Gasteiger partial charge in [0, 0.05) is 18.0 Å². The van der Waals surface area contributed by atoms with Gasteiger partial charge in [-0.05, 0) is 56.2 Å². The lowest BCUT2D eigenvalue weighted by Crippen LogP contribution is -2.11. The van der Waals surface area contributed by atoms with E-state index in [2.05, 4.69) is 18.3 Å². The van der Waals surface area contributed by atoms with Gasteiger partial charge in [0.05, 0.1) is 0 Å². The molecule has 22 heavy (non-hydrogen) atoms. The molecule has 0 radical (unpaired) electrons. The summed E-state index contributed by atoms with van der Waals surface area (Å²) < 4.78 is 5.86. The van der Waals surface area contributed by atoms with Gasteiger partial charge >= 0.3 is 0 Å². The Bertz CT molecular complexity index is 638. The largest absolute Gasteiger partial charge is 0.457 e. The van der Waals surface area contributed by atoms with E-state index in [4.69, 9.17) is 16.3 Å². The van der Waals surface area contributed by atoms with Gasteiger partial charge in [0.1, 0.15) is 11.5 Å². The molecule has 3 nitrogen and oxygen atoms in total. The molecule has 0 spiro atoms. The Morgan fingerprint density at radius 2 is 1.86 bits per heavy atom. The van der Waals surface area contributed by atoms with Gasteiger partial charge in [0.2, 0.25) is 5.91 Å². The van der Waals surface area contributed by atoms with Crippen molar-refractivity contribution in [2.45, 2.75) is 26.7 Å². The molecule has 2 rings (SSSR count). The van der Waals surface area contributed by atoms with Gasteiger partial charge in [0.15, 0.2) is 0 Å². The normalized spacial score (nSPS) is 10.3. The molecule has 0 saturated carbocycles. The molecule has 0 unspecified atom stereocenters. The number of carbonyl (C=O) groups excluding carboxylic acids is 1. The molecule has 0 aromatic heterocycles. The number of hydrogen-bond acceptors (Lipinski definition) is 2. The zero-order chi connectivity index (χ0) is 15.9. The first-order valence-electron chi connectivity index (χ1n) is 7.29. The summed E-state index contributed by atoms with van der Waals surface area (Å²) in [6, 6.07) is 13.4. The fraction of sp³-hybridized carbons (Fsp3) is 0.278. The highest BCUT2D eigenvalue weighted by Gasteiger charge is 2.04. The predicted molar refractivity (Wildman–Crippen MR) is 91.0 cm³/mol. The Hall–Kier alpha value is -2.00. The molecular weight excluding hydrogens is 298 g/mol. The van der Waals surface area contributed by atoms with E-state index < -0.39 is 0 Å². The van der Waals surface area contributed by atoms with Crippen LogP contribution in [-0.2, 0) is 4.79 Å². The van der Waals surface area contributed by atoms with Gasteiger partial charge in [-0.2, -0.15) is 0 Å². The van der Waals surface area contributed by atoms with Crippen LogP contribution in [0.1, 0.15) is 24.0 Å². The van der Waals surface area contributed by atoms with Crippen LogP contribution in [0.3, 0.4) is 0 Å². The number of hydrogen-bond donors (Lipinski definition) is 1. The zero-order valence-corrected chi connectivity index (χ0v) is 13.6. The highest BCUT2D eigenvalue weighted by Crippen LogP contribution is 2.26. The maximum absolute atomic E-state index is 11.6. The van der Waals surface area contributed by atoms with Crippen LogP contribution in [0.25, 0.3) is 0 Å². The number of rotatable bonds is 6. The lowest BCUT2D eigenvalue weighted by molar-refractivity contribution is -0.116. The lowest BCUT2D eigenvalue weighted by Gasteiger charge is -2.10. The standard InChI is InChI=1S/C18H20ClNO2/c1-13-5-10-17(14(2)12-13)22-16-8-6-15(7-9-16)20-18(21)4-3-11-19/h5-10,12H,3-4,11H2,1-2H3,(H,20,21). The number of aryl methyl sites for hydroxylation is 2. The van der Waals surface area contributed by atoms with E-state index in [1.165, 1.54) is 5.56 Å². The number of ether oxygens (including phenoxy) is 1. The molecule has 0 aliphatic heterocycles. The molecule has 0 heterocycles. The average Bonchev–Trinajstić information content (AvgIpc) is 2.50. The monoisotopic (exact) mass is 317 g/mol. The average molecular weight is 318 g/mol. The van der Waals surface area contributed by atoms with Crippen molar-refractivity contribution in [2.75, 3.05) is 11.2 Å². The molecule has 2 aromatic carbocycles. The van der Waals surface area contributed by atoms with Crippen LogP contribution in [0, 0.1) is 13.8 Å². The fourth-order valence-electron chi connectivity index (χ4n) is 2.10. The van der Waals surface area contributed by atoms with Crippen LogP contribution < -0.4 is 10.1 Å². The number of alkyl halides is 1. The Labute approximate surface area is 136 Å². The minimum atomic E-state index is -0.0244. The summed E-state index contributed by atoms with van der Waals surface area (Å²) >= 11 is 5.57. The summed E-state index contributed by atoms with van der Waals surface area (Å²) in [5.41, 5.74) is 3.06. The van der Waals surface area contributed by atoms with Gasteiger partial charge in [-0.3, -0.25) is 4.79 Å². The first-order valence-corrected chi connectivity index (χ1v) is 7.83. The molecule has 0 fully saturated rings. The molecular formula is C18H20ClNO2. The SMILES string of the molecule is Cc1ccc(Oc2ccc(NC(=O)CCCCl)cc2)c(C)c1. The highest BCUT2D eigenvalue weighted by molar-refractivity contribution is 6.18. The summed E-state index contributed by atoms with van der Waals surface area (Å²) in [4.78, 5) is 11.6. The van der Waals surface area contributed by atoms with Crippen molar-refractivity contribution in [1.29, 1.82) is 0 Å². The second-order valence-electron chi connectivity index (χ2n) is 5.24. The predicted octanol–water partition coefficient (Wildman–Crippen LogP) is 5.05. The minimum absolute atomic E-state index is 0.0244. The molecule has 0 atom stereocenters. The lowest BCUT2D eigenvalue weighted by atomic mass is 10.1. The molecule has 0 saturated heterocycles. The highest BCUT2D eigenvalue weighted by atomic mass is 35.5. The van der Waals surface area contributed by atoms with E-state index in [1.54, 1.807) is 0 Å². The summed E-state index contributed by atoms with van der Waals surface area (Å²) in [6.07, 6.45) is 1.12. The van der Waals surface area contributed by atoms with E-state index in [-0.39, 0.29) is 5.91 Å². The van der Waals surface area contributed by atoms with E-state index in [0.29, 0.717) is 18.7 Å². The van der Waals surface area contributed by atoms with Crippen molar-refractivity contribution in [3.63, 3.8) is 0 Å². The first kappa shape index (κ1) is 16.4. The second kappa shape index (κ2) is 7.85. The van der Waals surface area contributed by atoms with Crippen LogP contribution in [0.15, 0.2) is 42.5 Å². The van der Waals surface area contributed by atoms with Crippen molar-refractivity contribution >= 4 is 23.2 Å². The third kappa shape index (κ3) is 4.78. The smallest absolute Gasteiger partial charge is 0.224 e. The quantitative estimate of drug-likeness (QED) is 0.757. The van der Waals surface area contributed by atoms with Crippen molar-refractivity contribution in [2.24, 2.45) is 0 Å². The maximum Gasteiger partial charge on any atom is 0.224 e. The van der Waals surface area contributed by atoms with Gasteiger partial charge < -0.3 is 10.1 Å².